The van der Waals surface area contributed by atoms with E-state index in [-0.39, 0.29) is 40.8 Å². The van der Waals surface area contributed by atoms with Crippen molar-refractivity contribution in [2.24, 2.45) is 11.7 Å². The van der Waals surface area contributed by atoms with E-state index in [2.05, 4.69) is 15.0 Å². The van der Waals surface area contributed by atoms with Gasteiger partial charge in [0.15, 0.2) is 23.0 Å². The summed E-state index contributed by atoms with van der Waals surface area (Å²) in [5.41, 5.74) is 6.70. The summed E-state index contributed by atoms with van der Waals surface area (Å²) in [5.74, 6) is 0.750. The van der Waals surface area contributed by atoms with Crippen molar-refractivity contribution >= 4 is 5.91 Å². The highest BCUT2D eigenvalue weighted by atomic mass is 19.3. The summed E-state index contributed by atoms with van der Waals surface area (Å²) in [4.78, 5) is 19.3. The number of nitrogens with one attached hydrogen (secondary N) is 1. The van der Waals surface area contributed by atoms with Gasteiger partial charge in [0.1, 0.15) is 0 Å². The predicted octanol–water partition coefficient (Wildman–Crippen LogP) is 3.19. The number of nitrogens with zero attached hydrogens (tertiary/aromatic N) is 2. The van der Waals surface area contributed by atoms with Crippen LogP contribution in [0.15, 0.2) is 22.6 Å². The van der Waals surface area contributed by atoms with Crippen molar-refractivity contribution in [2.75, 3.05) is 26.2 Å². The van der Waals surface area contributed by atoms with Crippen LogP contribution in [0.5, 0.6) is 11.5 Å². The summed E-state index contributed by atoms with van der Waals surface area (Å²) < 4.78 is 41.8. The molecule has 1 unspecified atom stereocenters. The molecule has 0 spiro atoms. The first kappa shape index (κ1) is 22.5. The molecule has 10 heteroatoms. The Morgan fingerprint density at radius 3 is 2.81 bits per heavy atom. The number of halogens is 2. The smallest absolute Gasteiger partial charge is 0.387 e. The first-order valence-electron chi connectivity index (χ1n) is 10.8. The number of alkyl halides is 2. The zero-order valence-corrected chi connectivity index (χ0v) is 18.1. The number of hydrogen-bond acceptors (Lipinski definition) is 7. The first-order chi connectivity index (χ1) is 15.3. The molecule has 0 radical (unpaired) electrons. The number of oxazole rings is 1. The van der Waals surface area contributed by atoms with Crippen LogP contribution in [0, 0.1) is 5.92 Å². The quantitative estimate of drug-likeness (QED) is 0.637. The number of piperazine rings is 1. The van der Waals surface area contributed by atoms with Crippen LogP contribution in [-0.2, 0) is 0 Å². The molecule has 2 heterocycles. The van der Waals surface area contributed by atoms with Gasteiger partial charge in [-0.3, -0.25) is 4.79 Å². The number of benzene rings is 1. The second-order valence-electron chi connectivity index (χ2n) is 8.42. The van der Waals surface area contributed by atoms with Gasteiger partial charge in [-0.1, -0.05) is 0 Å². The maximum Gasteiger partial charge on any atom is 0.387 e. The Bertz CT molecular complexity index is 961. The average Bonchev–Trinajstić information content (AvgIpc) is 3.47. The molecule has 1 aliphatic heterocycles. The molecule has 2 fully saturated rings. The van der Waals surface area contributed by atoms with E-state index in [0.717, 1.165) is 12.8 Å². The standard InChI is InChI=1S/C22H28F2N4O4/c1-12-10-28(8-7-26-12)21(29)18-19(13(2)25)32-20(27-18)15-5-6-16(31-22(23)24)17(9-15)30-11-14-3-4-14/h5-6,9,12-14,22,26H,3-4,7-8,10-11,25H2,1-2H3/t12-,13?/m0/s1. The molecule has 4 rings (SSSR count). The van der Waals surface area contributed by atoms with Gasteiger partial charge in [-0.05, 0) is 50.8 Å². The fourth-order valence-corrected chi connectivity index (χ4v) is 3.62. The molecule has 1 amide bonds. The Hall–Kier alpha value is -2.72. The predicted molar refractivity (Wildman–Crippen MR) is 113 cm³/mol. The molecule has 3 N–H and O–H groups in total. The minimum atomic E-state index is -2.97. The number of rotatable bonds is 8. The van der Waals surface area contributed by atoms with E-state index >= 15 is 0 Å². The van der Waals surface area contributed by atoms with Crippen molar-refractivity contribution in [1.82, 2.24) is 15.2 Å². The van der Waals surface area contributed by atoms with Crippen LogP contribution in [0.4, 0.5) is 8.78 Å². The van der Waals surface area contributed by atoms with Crippen molar-refractivity contribution < 1.29 is 27.5 Å². The van der Waals surface area contributed by atoms with E-state index in [1.54, 1.807) is 17.9 Å². The highest BCUT2D eigenvalue weighted by Gasteiger charge is 2.30. The number of nitrogens with two attached hydrogens (primary N) is 1. The van der Waals surface area contributed by atoms with Crippen LogP contribution in [0.2, 0.25) is 0 Å². The minimum absolute atomic E-state index is 0.0607. The van der Waals surface area contributed by atoms with Gasteiger partial charge >= 0.3 is 6.61 Å². The maximum absolute atomic E-state index is 13.1. The fraction of sp³-hybridized carbons (Fsp3) is 0.545. The zero-order valence-electron chi connectivity index (χ0n) is 18.1. The van der Waals surface area contributed by atoms with E-state index in [9.17, 15) is 13.6 Å². The largest absolute Gasteiger partial charge is 0.489 e. The van der Waals surface area contributed by atoms with Crippen LogP contribution in [0.25, 0.3) is 11.5 Å². The van der Waals surface area contributed by atoms with E-state index in [0.29, 0.717) is 37.7 Å². The molecule has 174 valence electrons. The lowest BCUT2D eigenvalue weighted by molar-refractivity contribution is -0.0515. The normalized spacial score (nSPS) is 19.8. The Morgan fingerprint density at radius 2 is 2.16 bits per heavy atom. The number of hydrogen-bond donors (Lipinski definition) is 2. The molecule has 2 aliphatic rings. The van der Waals surface area contributed by atoms with Gasteiger partial charge in [-0.15, -0.1) is 0 Å². The molecule has 1 aromatic heterocycles. The molecule has 2 atom stereocenters. The average molecular weight is 450 g/mol. The van der Waals surface area contributed by atoms with Crippen LogP contribution < -0.4 is 20.5 Å². The first-order valence-corrected chi connectivity index (χ1v) is 10.8. The third-order valence-corrected chi connectivity index (χ3v) is 5.50. The van der Waals surface area contributed by atoms with E-state index in [4.69, 9.17) is 14.9 Å². The van der Waals surface area contributed by atoms with Gasteiger partial charge in [0.25, 0.3) is 5.91 Å². The number of aromatic nitrogens is 1. The van der Waals surface area contributed by atoms with Gasteiger partial charge < -0.3 is 29.8 Å². The molecule has 0 bridgehead atoms. The third-order valence-electron chi connectivity index (χ3n) is 5.50. The topological polar surface area (TPSA) is 103 Å². The van der Waals surface area contributed by atoms with Crippen molar-refractivity contribution in [3.05, 3.63) is 29.7 Å². The van der Waals surface area contributed by atoms with Gasteiger partial charge in [-0.25, -0.2) is 4.98 Å². The zero-order chi connectivity index (χ0) is 22.8. The van der Waals surface area contributed by atoms with E-state index < -0.39 is 12.7 Å². The highest BCUT2D eigenvalue weighted by Crippen LogP contribution is 2.37. The van der Waals surface area contributed by atoms with Gasteiger partial charge in [-0.2, -0.15) is 8.78 Å². The number of amides is 1. The van der Waals surface area contributed by atoms with Crippen LogP contribution in [0.1, 0.15) is 49.0 Å². The highest BCUT2D eigenvalue weighted by molar-refractivity contribution is 5.94. The van der Waals surface area contributed by atoms with Crippen LogP contribution in [-0.4, -0.2) is 54.7 Å². The Balaban J connectivity index is 1.64. The summed E-state index contributed by atoms with van der Waals surface area (Å²) >= 11 is 0. The van der Waals surface area contributed by atoms with Crippen LogP contribution in [0.3, 0.4) is 0 Å². The summed E-state index contributed by atoms with van der Waals surface area (Å²) in [6, 6.07) is 4.09. The van der Waals surface area contributed by atoms with E-state index in [1.165, 1.54) is 12.1 Å². The van der Waals surface area contributed by atoms with Crippen molar-refractivity contribution in [3.63, 3.8) is 0 Å². The van der Waals surface area contributed by atoms with Gasteiger partial charge in [0.2, 0.25) is 5.89 Å². The lowest BCUT2D eigenvalue weighted by Crippen LogP contribution is -2.51. The van der Waals surface area contributed by atoms with Crippen molar-refractivity contribution in [2.45, 2.75) is 45.4 Å². The van der Waals surface area contributed by atoms with Gasteiger partial charge in [0.05, 0.1) is 12.6 Å². The SMILES string of the molecule is CC(N)c1oc(-c2ccc(OC(F)F)c(OCC3CC3)c2)nc1C(=O)N1CCN[C@@H](C)C1. The Morgan fingerprint density at radius 1 is 1.38 bits per heavy atom. The molecule has 8 nitrogen and oxygen atoms in total. The van der Waals surface area contributed by atoms with Crippen molar-refractivity contribution in [3.8, 4) is 23.0 Å². The molecule has 1 saturated heterocycles. The summed E-state index contributed by atoms with van der Waals surface area (Å²) in [7, 11) is 0. The van der Waals surface area contributed by atoms with E-state index in [1.807, 2.05) is 6.92 Å². The lowest BCUT2D eigenvalue weighted by atomic mass is 10.1. The molecule has 1 aromatic carbocycles. The van der Waals surface area contributed by atoms with Crippen molar-refractivity contribution in [1.29, 1.82) is 0 Å². The van der Waals surface area contributed by atoms with Gasteiger partial charge in [0, 0.05) is 31.2 Å². The summed E-state index contributed by atoms with van der Waals surface area (Å²) in [5, 5.41) is 3.29. The minimum Gasteiger partial charge on any atom is -0.489 e. The Labute approximate surface area is 185 Å². The number of carbonyl (C=O) groups is 1. The molecule has 32 heavy (non-hydrogen) atoms. The molecule has 1 aliphatic carbocycles. The second kappa shape index (κ2) is 9.41. The molecule has 1 saturated carbocycles. The summed E-state index contributed by atoms with van der Waals surface area (Å²) in [6.07, 6.45) is 2.11. The van der Waals surface area contributed by atoms with Crippen LogP contribution >= 0.6 is 0 Å². The Kier molecular flexibility index (Phi) is 6.61. The number of carbonyl (C=O) groups excluding carboxylic acids is 1. The number of ether oxygens (including phenoxy) is 2. The lowest BCUT2D eigenvalue weighted by Gasteiger charge is -2.31. The summed E-state index contributed by atoms with van der Waals surface area (Å²) in [6.45, 7) is 2.97. The maximum atomic E-state index is 13.1. The fourth-order valence-electron chi connectivity index (χ4n) is 3.62. The second-order valence-corrected chi connectivity index (χ2v) is 8.42. The monoisotopic (exact) mass is 450 g/mol. The third kappa shape index (κ3) is 5.18. The molecule has 2 aromatic rings. The molecular formula is C22H28F2N4O4. The molecular weight excluding hydrogens is 422 g/mol.